The highest BCUT2D eigenvalue weighted by Gasteiger charge is 2.28. The summed E-state index contributed by atoms with van der Waals surface area (Å²) in [6, 6.07) is 13.3. The highest BCUT2D eigenvalue weighted by atomic mass is 19.1. The van der Waals surface area contributed by atoms with E-state index < -0.39 is 0 Å². The normalized spacial score (nSPS) is 16.1. The number of carbonyl (C=O) groups excluding carboxylic acids is 2. The molecule has 0 aromatic heterocycles. The summed E-state index contributed by atoms with van der Waals surface area (Å²) < 4.78 is 18.8. The van der Waals surface area contributed by atoms with Crippen molar-refractivity contribution in [3.05, 3.63) is 65.5 Å². The second-order valence-electron chi connectivity index (χ2n) is 6.86. The molecule has 28 heavy (non-hydrogen) atoms. The van der Waals surface area contributed by atoms with Gasteiger partial charge in [0.2, 0.25) is 5.91 Å². The van der Waals surface area contributed by atoms with Crippen LogP contribution in [0.4, 0.5) is 4.39 Å². The lowest BCUT2D eigenvalue weighted by Crippen LogP contribution is -2.43. The molecule has 1 unspecified atom stereocenters. The molecule has 2 aromatic rings. The van der Waals surface area contributed by atoms with Gasteiger partial charge in [-0.1, -0.05) is 12.1 Å². The van der Waals surface area contributed by atoms with Crippen molar-refractivity contribution in [2.45, 2.75) is 32.2 Å². The highest BCUT2D eigenvalue weighted by molar-refractivity contribution is 5.96. The van der Waals surface area contributed by atoms with Crippen molar-refractivity contribution in [3.63, 3.8) is 0 Å². The average Bonchev–Trinajstić information content (AvgIpc) is 3.15. The summed E-state index contributed by atoms with van der Waals surface area (Å²) in [5.74, 6) is 0.0267. The molecule has 0 saturated carbocycles. The number of hydrogen-bond acceptors (Lipinski definition) is 3. The summed E-state index contributed by atoms with van der Waals surface area (Å²) in [4.78, 5) is 26.7. The molecule has 0 radical (unpaired) electrons. The van der Waals surface area contributed by atoms with Crippen molar-refractivity contribution in [2.24, 2.45) is 0 Å². The van der Waals surface area contributed by atoms with E-state index in [1.807, 2.05) is 13.0 Å². The van der Waals surface area contributed by atoms with E-state index in [0.29, 0.717) is 30.9 Å². The molecule has 1 aliphatic heterocycles. The van der Waals surface area contributed by atoms with E-state index in [-0.39, 0.29) is 30.2 Å². The number of nitrogens with one attached hydrogen (secondary N) is 1. The van der Waals surface area contributed by atoms with Crippen molar-refractivity contribution >= 4 is 11.8 Å². The minimum absolute atomic E-state index is 0.0386. The fourth-order valence-corrected chi connectivity index (χ4v) is 3.54. The van der Waals surface area contributed by atoms with Crippen LogP contribution in [0.25, 0.3) is 0 Å². The van der Waals surface area contributed by atoms with Crippen LogP contribution in [-0.4, -0.2) is 42.5 Å². The molecule has 1 saturated heterocycles. The van der Waals surface area contributed by atoms with Crippen molar-refractivity contribution in [1.29, 1.82) is 0 Å². The summed E-state index contributed by atoms with van der Waals surface area (Å²) in [6.45, 7) is 3.07. The number of likely N-dealkylation sites (tertiary alicyclic amines) is 1. The average molecular weight is 384 g/mol. The van der Waals surface area contributed by atoms with Crippen LogP contribution < -0.4 is 10.1 Å². The van der Waals surface area contributed by atoms with Gasteiger partial charge in [-0.05, 0) is 68.1 Å². The first-order valence-electron chi connectivity index (χ1n) is 9.62. The van der Waals surface area contributed by atoms with E-state index in [9.17, 15) is 14.0 Å². The molecular weight excluding hydrogens is 359 g/mol. The summed E-state index contributed by atoms with van der Waals surface area (Å²) in [5, 5.41) is 2.69. The minimum atomic E-state index is -0.294. The van der Waals surface area contributed by atoms with Gasteiger partial charge in [0.25, 0.3) is 5.91 Å². The molecule has 1 N–H and O–H groups in total. The molecule has 1 aliphatic rings. The second-order valence-corrected chi connectivity index (χ2v) is 6.86. The number of carbonyl (C=O) groups is 2. The smallest absolute Gasteiger partial charge is 0.251 e. The molecule has 2 aromatic carbocycles. The van der Waals surface area contributed by atoms with Crippen LogP contribution in [0.1, 0.15) is 35.7 Å². The largest absolute Gasteiger partial charge is 0.494 e. The lowest BCUT2D eigenvalue weighted by Gasteiger charge is -2.25. The van der Waals surface area contributed by atoms with Crippen LogP contribution in [0, 0.1) is 5.82 Å². The third-order valence-electron chi connectivity index (χ3n) is 4.89. The maximum Gasteiger partial charge on any atom is 0.251 e. The summed E-state index contributed by atoms with van der Waals surface area (Å²) >= 11 is 0. The molecule has 3 rings (SSSR count). The standard InChI is InChI=1S/C22H25FN2O3/c1-2-28-20-10-8-17(9-11-20)22(27)24-15-21(26)25-12-4-7-19(25)14-16-5-3-6-18(23)13-16/h3,5-6,8-11,13,19H,2,4,7,12,14-15H2,1H3,(H,24,27). The van der Waals surface area contributed by atoms with Crippen molar-refractivity contribution in [2.75, 3.05) is 19.7 Å². The Morgan fingerprint density at radius 1 is 1.21 bits per heavy atom. The topological polar surface area (TPSA) is 58.6 Å². The lowest BCUT2D eigenvalue weighted by atomic mass is 10.0. The molecule has 1 heterocycles. The predicted molar refractivity (Wildman–Crippen MR) is 105 cm³/mol. The van der Waals surface area contributed by atoms with Gasteiger partial charge in [0.15, 0.2) is 0 Å². The molecule has 0 aliphatic carbocycles. The number of ether oxygens (including phenoxy) is 1. The Morgan fingerprint density at radius 3 is 2.71 bits per heavy atom. The van der Waals surface area contributed by atoms with Gasteiger partial charge >= 0.3 is 0 Å². The number of hydrogen-bond donors (Lipinski definition) is 1. The van der Waals surface area contributed by atoms with Gasteiger partial charge in [0, 0.05) is 18.2 Å². The molecule has 6 heteroatoms. The van der Waals surface area contributed by atoms with Crippen LogP contribution in [-0.2, 0) is 11.2 Å². The van der Waals surface area contributed by atoms with Gasteiger partial charge in [-0.2, -0.15) is 0 Å². The molecule has 0 spiro atoms. The highest BCUT2D eigenvalue weighted by Crippen LogP contribution is 2.21. The fraction of sp³-hybridized carbons (Fsp3) is 0.364. The summed E-state index contributed by atoms with van der Waals surface area (Å²) in [7, 11) is 0. The Labute approximate surface area is 164 Å². The Hall–Kier alpha value is -2.89. The number of amides is 2. The van der Waals surface area contributed by atoms with Crippen molar-refractivity contribution < 1.29 is 18.7 Å². The van der Waals surface area contributed by atoms with Crippen LogP contribution in [0.2, 0.25) is 0 Å². The molecular formula is C22H25FN2O3. The third kappa shape index (κ3) is 5.09. The zero-order valence-corrected chi connectivity index (χ0v) is 16.0. The minimum Gasteiger partial charge on any atom is -0.494 e. The van der Waals surface area contributed by atoms with E-state index in [1.165, 1.54) is 12.1 Å². The van der Waals surface area contributed by atoms with Gasteiger partial charge in [0.1, 0.15) is 11.6 Å². The van der Waals surface area contributed by atoms with E-state index in [2.05, 4.69) is 5.32 Å². The van der Waals surface area contributed by atoms with E-state index in [4.69, 9.17) is 4.74 Å². The van der Waals surface area contributed by atoms with Crippen molar-refractivity contribution in [3.8, 4) is 5.75 Å². The summed E-state index contributed by atoms with van der Waals surface area (Å²) in [6.07, 6.45) is 2.42. The second kappa shape index (κ2) is 9.35. The van der Waals surface area contributed by atoms with E-state index in [1.54, 1.807) is 35.2 Å². The summed E-state index contributed by atoms with van der Waals surface area (Å²) in [5.41, 5.74) is 1.36. The molecule has 0 bridgehead atoms. The van der Waals surface area contributed by atoms with E-state index in [0.717, 1.165) is 18.4 Å². The molecule has 148 valence electrons. The predicted octanol–water partition coefficient (Wildman–Crippen LogP) is 3.19. The zero-order valence-electron chi connectivity index (χ0n) is 16.0. The first-order valence-corrected chi connectivity index (χ1v) is 9.62. The molecule has 1 fully saturated rings. The third-order valence-corrected chi connectivity index (χ3v) is 4.89. The first kappa shape index (κ1) is 19.9. The number of nitrogens with zero attached hydrogens (tertiary/aromatic N) is 1. The lowest BCUT2D eigenvalue weighted by molar-refractivity contribution is -0.130. The Morgan fingerprint density at radius 2 is 2.00 bits per heavy atom. The molecule has 1 atom stereocenters. The number of benzene rings is 2. The van der Waals surface area contributed by atoms with Gasteiger partial charge in [-0.15, -0.1) is 0 Å². The van der Waals surface area contributed by atoms with Crippen molar-refractivity contribution in [1.82, 2.24) is 10.2 Å². The van der Waals surface area contributed by atoms with Gasteiger partial charge < -0.3 is 15.0 Å². The van der Waals surface area contributed by atoms with Gasteiger partial charge in [-0.3, -0.25) is 9.59 Å². The Bertz CT molecular complexity index is 823. The fourth-order valence-electron chi connectivity index (χ4n) is 3.54. The Kier molecular flexibility index (Phi) is 6.63. The molecule has 5 nitrogen and oxygen atoms in total. The van der Waals surface area contributed by atoms with Crippen LogP contribution in [0.5, 0.6) is 5.75 Å². The van der Waals surface area contributed by atoms with Crippen LogP contribution in [0.3, 0.4) is 0 Å². The SMILES string of the molecule is CCOc1ccc(C(=O)NCC(=O)N2CCCC2Cc2cccc(F)c2)cc1. The maximum absolute atomic E-state index is 13.4. The van der Waals surface area contributed by atoms with Gasteiger partial charge in [-0.25, -0.2) is 4.39 Å². The molecule has 2 amide bonds. The zero-order chi connectivity index (χ0) is 19.9. The Balaban J connectivity index is 1.53. The number of rotatable bonds is 7. The maximum atomic E-state index is 13.4. The monoisotopic (exact) mass is 384 g/mol. The van der Waals surface area contributed by atoms with Crippen LogP contribution >= 0.6 is 0 Å². The quantitative estimate of drug-likeness (QED) is 0.798. The van der Waals surface area contributed by atoms with Crippen LogP contribution in [0.15, 0.2) is 48.5 Å². The first-order chi connectivity index (χ1) is 13.6. The number of halogens is 1. The van der Waals surface area contributed by atoms with Gasteiger partial charge in [0.05, 0.1) is 13.2 Å². The van der Waals surface area contributed by atoms with E-state index >= 15 is 0 Å².